The zero-order valence-corrected chi connectivity index (χ0v) is 19.8. The van der Waals surface area contributed by atoms with Gasteiger partial charge in [-0.3, -0.25) is 19.9 Å². The standard InChI is InChI=1S/C26H23N3O7/c1-4-36-19-10-12-23(24(14-19)29(32)33)28-25(30)21-13-18(35-3)9-11-20(21)22(26(28)31)15-27-16-5-7-17(34-2)8-6-16/h5-15,31H,4H2,1-3H3. The van der Waals surface area contributed by atoms with Gasteiger partial charge in [0, 0.05) is 11.6 Å². The summed E-state index contributed by atoms with van der Waals surface area (Å²) in [6, 6.07) is 15.8. The second-order valence-electron chi connectivity index (χ2n) is 7.59. The minimum atomic E-state index is -0.657. The van der Waals surface area contributed by atoms with E-state index in [1.165, 1.54) is 37.6 Å². The van der Waals surface area contributed by atoms with Crippen LogP contribution in [0.4, 0.5) is 11.4 Å². The van der Waals surface area contributed by atoms with Gasteiger partial charge in [-0.25, -0.2) is 4.57 Å². The molecule has 0 atom stereocenters. The number of rotatable bonds is 8. The minimum Gasteiger partial charge on any atom is -0.497 e. The highest BCUT2D eigenvalue weighted by atomic mass is 16.6. The lowest BCUT2D eigenvalue weighted by Gasteiger charge is -2.15. The molecule has 3 aromatic carbocycles. The first-order chi connectivity index (χ1) is 17.4. The van der Waals surface area contributed by atoms with E-state index in [9.17, 15) is 20.0 Å². The molecular formula is C26H23N3O7. The van der Waals surface area contributed by atoms with E-state index in [0.29, 0.717) is 29.2 Å². The van der Waals surface area contributed by atoms with E-state index in [1.807, 2.05) is 0 Å². The summed E-state index contributed by atoms with van der Waals surface area (Å²) in [4.78, 5) is 29.2. The van der Waals surface area contributed by atoms with Crippen molar-refractivity contribution in [2.75, 3.05) is 20.8 Å². The van der Waals surface area contributed by atoms with Crippen molar-refractivity contribution in [1.82, 2.24) is 4.57 Å². The van der Waals surface area contributed by atoms with Gasteiger partial charge in [0.2, 0.25) is 5.88 Å². The van der Waals surface area contributed by atoms with Crippen LogP contribution in [0.5, 0.6) is 23.1 Å². The van der Waals surface area contributed by atoms with Crippen LogP contribution in [0.15, 0.2) is 70.5 Å². The lowest BCUT2D eigenvalue weighted by molar-refractivity contribution is -0.384. The van der Waals surface area contributed by atoms with Crippen molar-refractivity contribution >= 4 is 28.4 Å². The molecule has 1 aromatic heterocycles. The fourth-order valence-electron chi connectivity index (χ4n) is 3.77. The third kappa shape index (κ3) is 4.56. The van der Waals surface area contributed by atoms with Gasteiger partial charge in [-0.15, -0.1) is 0 Å². The number of nitrogens with zero attached hydrogens (tertiary/aromatic N) is 3. The zero-order chi connectivity index (χ0) is 25.8. The lowest BCUT2D eigenvalue weighted by Crippen LogP contribution is -2.21. The van der Waals surface area contributed by atoms with Crippen molar-refractivity contribution < 1.29 is 24.2 Å². The number of benzene rings is 3. The van der Waals surface area contributed by atoms with Gasteiger partial charge in [-0.05, 0) is 61.5 Å². The van der Waals surface area contributed by atoms with Crippen LogP contribution in [0.2, 0.25) is 0 Å². The molecule has 0 spiro atoms. The predicted octanol–water partition coefficient (Wildman–Crippen LogP) is 4.77. The molecule has 4 rings (SSSR count). The molecule has 0 saturated heterocycles. The molecule has 0 radical (unpaired) electrons. The molecule has 0 aliphatic carbocycles. The third-order valence-electron chi connectivity index (χ3n) is 5.51. The Hall–Kier alpha value is -4.86. The van der Waals surface area contributed by atoms with Crippen LogP contribution in [0.3, 0.4) is 0 Å². The average molecular weight is 489 g/mol. The largest absolute Gasteiger partial charge is 0.497 e. The maximum Gasteiger partial charge on any atom is 0.297 e. The Morgan fingerprint density at radius 2 is 1.64 bits per heavy atom. The van der Waals surface area contributed by atoms with E-state index in [-0.39, 0.29) is 22.4 Å². The molecule has 1 N–H and O–H groups in total. The highest BCUT2D eigenvalue weighted by molar-refractivity contribution is 6.03. The van der Waals surface area contributed by atoms with Crippen LogP contribution < -0.4 is 19.8 Å². The average Bonchev–Trinajstić information content (AvgIpc) is 2.89. The number of aromatic nitrogens is 1. The van der Waals surface area contributed by atoms with Gasteiger partial charge in [-0.2, -0.15) is 0 Å². The lowest BCUT2D eigenvalue weighted by atomic mass is 10.1. The number of aliphatic imine (C=N–C) groups is 1. The molecule has 0 saturated carbocycles. The summed E-state index contributed by atoms with van der Waals surface area (Å²) in [5, 5.41) is 23.7. The summed E-state index contributed by atoms with van der Waals surface area (Å²) >= 11 is 0. The number of nitro groups is 1. The molecule has 0 aliphatic rings. The van der Waals surface area contributed by atoms with Crippen molar-refractivity contribution in [1.29, 1.82) is 0 Å². The SMILES string of the molecule is CCOc1ccc(-n2c(O)c(C=Nc3ccc(OC)cc3)c3ccc(OC)cc3c2=O)c([N+](=O)[O-])c1. The molecule has 0 amide bonds. The number of methoxy groups -OCH3 is 2. The number of pyridine rings is 1. The van der Waals surface area contributed by atoms with Crippen molar-refractivity contribution in [2.45, 2.75) is 6.92 Å². The summed E-state index contributed by atoms with van der Waals surface area (Å²) < 4.78 is 16.7. The molecule has 10 nitrogen and oxygen atoms in total. The highest BCUT2D eigenvalue weighted by Gasteiger charge is 2.24. The number of hydrogen-bond donors (Lipinski definition) is 1. The van der Waals surface area contributed by atoms with Crippen LogP contribution in [-0.2, 0) is 0 Å². The van der Waals surface area contributed by atoms with Crippen molar-refractivity contribution in [3.63, 3.8) is 0 Å². The van der Waals surface area contributed by atoms with Crippen LogP contribution >= 0.6 is 0 Å². The monoisotopic (exact) mass is 489 g/mol. The summed E-state index contributed by atoms with van der Waals surface area (Å²) in [6.45, 7) is 2.06. The van der Waals surface area contributed by atoms with Gasteiger partial charge < -0.3 is 19.3 Å². The van der Waals surface area contributed by atoms with Gasteiger partial charge in [0.15, 0.2) is 0 Å². The van der Waals surface area contributed by atoms with Crippen molar-refractivity contribution in [3.8, 4) is 28.8 Å². The number of ether oxygens (including phenoxy) is 3. The summed E-state index contributed by atoms with van der Waals surface area (Å²) in [5.74, 6) is 0.841. The fourth-order valence-corrected chi connectivity index (χ4v) is 3.77. The van der Waals surface area contributed by atoms with E-state index >= 15 is 0 Å². The van der Waals surface area contributed by atoms with E-state index in [1.54, 1.807) is 50.4 Å². The molecule has 0 unspecified atom stereocenters. The molecule has 36 heavy (non-hydrogen) atoms. The van der Waals surface area contributed by atoms with Gasteiger partial charge >= 0.3 is 0 Å². The number of nitro benzene ring substituents is 1. The molecule has 10 heteroatoms. The maximum absolute atomic E-state index is 13.5. The zero-order valence-electron chi connectivity index (χ0n) is 19.8. The Labute approximate surface area is 205 Å². The summed E-state index contributed by atoms with van der Waals surface area (Å²) in [7, 11) is 3.02. The van der Waals surface area contributed by atoms with Gasteiger partial charge in [0.1, 0.15) is 22.9 Å². The first-order valence-electron chi connectivity index (χ1n) is 10.9. The molecule has 0 bridgehead atoms. The second-order valence-corrected chi connectivity index (χ2v) is 7.59. The van der Waals surface area contributed by atoms with Crippen LogP contribution in [0, 0.1) is 10.1 Å². The maximum atomic E-state index is 13.5. The first kappa shape index (κ1) is 24.3. The Morgan fingerprint density at radius 3 is 2.28 bits per heavy atom. The number of aromatic hydroxyl groups is 1. The molecular weight excluding hydrogens is 466 g/mol. The van der Waals surface area contributed by atoms with Crippen LogP contribution in [0.1, 0.15) is 12.5 Å². The quantitative estimate of drug-likeness (QED) is 0.215. The molecule has 4 aromatic rings. The summed E-state index contributed by atoms with van der Waals surface area (Å²) in [6.07, 6.45) is 1.41. The van der Waals surface area contributed by atoms with Gasteiger partial charge in [-0.1, -0.05) is 0 Å². The second kappa shape index (κ2) is 10.2. The van der Waals surface area contributed by atoms with E-state index < -0.39 is 22.0 Å². The summed E-state index contributed by atoms with van der Waals surface area (Å²) in [5.41, 5.74) is -0.406. The normalized spacial score (nSPS) is 11.1. The van der Waals surface area contributed by atoms with Gasteiger partial charge in [0.05, 0.1) is 48.5 Å². The third-order valence-corrected chi connectivity index (χ3v) is 5.51. The predicted molar refractivity (Wildman–Crippen MR) is 136 cm³/mol. The smallest absolute Gasteiger partial charge is 0.297 e. The Bertz CT molecular complexity index is 1530. The Balaban J connectivity index is 1.99. The van der Waals surface area contributed by atoms with Crippen molar-refractivity contribution in [2.24, 2.45) is 4.99 Å². The topological polar surface area (TPSA) is 125 Å². The van der Waals surface area contributed by atoms with Crippen LogP contribution in [0.25, 0.3) is 16.5 Å². The first-order valence-corrected chi connectivity index (χ1v) is 10.9. The minimum absolute atomic E-state index is 0.116. The van der Waals surface area contributed by atoms with Gasteiger partial charge in [0.25, 0.3) is 11.2 Å². The van der Waals surface area contributed by atoms with E-state index in [2.05, 4.69) is 4.99 Å². The molecule has 1 heterocycles. The van der Waals surface area contributed by atoms with E-state index in [4.69, 9.17) is 14.2 Å². The Morgan fingerprint density at radius 1 is 0.972 bits per heavy atom. The highest BCUT2D eigenvalue weighted by Crippen LogP contribution is 2.33. The fraction of sp³-hybridized carbons (Fsp3) is 0.154. The number of fused-ring (bicyclic) bond motifs is 1. The Kier molecular flexibility index (Phi) is 6.86. The molecule has 184 valence electrons. The van der Waals surface area contributed by atoms with Crippen LogP contribution in [-0.4, -0.2) is 41.6 Å². The van der Waals surface area contributed by atoms with E-state index in [0.717, 1.165) is 4.57 Å². The molecule has 0 aliphatic heterocycles. The van der Waals surface area contributed by atoms with Crippen molar-refractivity contribution in [3.05, 3.63) is 86.7 Å². The molecule has 0 fully saturated rings. The number of hydrogen-bond acceptors (Lipinski definition) is 8.